The maximum Gasteiger partial charge on any atom is 0.265 e. The van der Waals surface area contributed by atoms with Gasteiger partial charge >= 0.3 is 0 Å². The molecule has 28 heavy (non-hydrogen) atoms. The van der Waals surface area contributed by atoms with E-state index in [1.165, 1.54) is 26.4 Å². The average molecular weight is 401 g/mol. The number of nitrogens with one attached hydrogen (secondary N) is 1. The molecule has 0 amide bonds. The molecule has 0 bridgehead atoms. The van der Waals surface area contributed by atoms with Gasteiger partial charge in [0, 0.05) is 17.4 Å². The van der Waals surface area contributed by atoms with Crippen molar-refractivity contribution in [2.45, 2.75) is 25.3 Å². The van der Waals surface area contributed by atoms with Crippen molar-refractivity contribution in [3.63, 3.8) is 0 Å². The molecule has 8 heteroatoms. The van der Waals surface area contributed by atoms with E-state index in [9.17, 15) is 8.42 Å². The first-order valence-electron chi connectivity index (χ1n) is 8.67. The minimum Gasteiger partial charge on any atom is -0.497 e. The zero-order valence-electron chi connectivity index (χ0n) is 16.3. The molecule has 0 radical (unpaired) electrons. The number of aryl methyl sites for hydroxylation is 2. The Bertz CT molecular complexity index is 1070. The molecule has 1 aromatic heterocycles. The normalized spacial score (nSPS) is 11.3. The fourth-order valence-corrected chi connectivity index (χ4v) is 4.10. The highest BCUT2D eigenvalue weighted by molar-refractivity contribution is 7.92. The minimum absolute atomic E-state index is 0.0440. The van der Waals surface area contributed by atoms with Gasteiger partial charge < -0.3 is 9.47 Å². The van der Waals surface area contributed by atoms with Crippen molar-refractivity contribution in [3.8, 4) is 11.5 Å². The van der Waals surface area contributed by atoms with Gasteiger partial charge in [-0.05, 0) is 49.7 Å². The first-order valence-corrected chi connectivity index (χ1v) is 10.2. The van der Waals surface area contributed by atoms with Crippen LogP contribution in [0.3, 0.4) is 0 Å². The maximum absolute atomic E-state index is 12.8. The number of rotatable bonds is 7. The lowest BCUT2D eigenvalue weighted by Crippen LogP contribution is -2.14. The van der Waals surface area contributed by atoms with Crippen LogP contribution < -0.4 is 14.2 Å². The molecule has 7 nitrogen and oxygen atoms in total. The van der Waals surface area contributed by atoms with Gasteiger partial charge in [-0.3, -0.25) is 9.40 Å². The Balaban J connectivity index is 1.78. The van der Waals surface area contributed by atoms with Gasteiger partial charge in [0.2, 0.25) is 0 Å². The number of hydrogen-bond acceptors (Lipinski definition) is 5. The molecule has 0 fully saturated rings. The van der Waals surface area contributed by atoms with E-state index in [0.717, 1.165) is 17.0 Å². The molecule has 1 heterocycles. The number of aromatic nitrogens is 2. The van der Waals surface area contributed by atoms with Crippen LogP contribution in [0.15, 0.2) is 53.4 Å². The molecule has 0 unspecified atom stereocenters. The second-order valence-corrected chi connectivity index (χ2v) is 8.05. The van der Waals surface area contributed by atoms with Crippen LogP contribution in [-0.4, -0.2) is 32.4 Å². The molecular formula is C20H23N3O4S. The van der Waals surface area contributed by atoms with Crippen LogP contribution in [0.25, 0.3) is 0 Å². The monoisotopic (exact) mass is 401 g/mol. The molecule has 3 rings (SSSR count). The summed E-state index contributed by atoms with van der Waals surface area (Å²) in [7, 11) is -0.877. The van der Waals surface area contributed by atoms with Gasteiger partial charge in [-0.25, -0.2) is 8.42 Å². The van der Waals surface area contributed by atoms with Crippen LogP contribution in [-0.2, 0) is 16.6 Å². The molecule has 0 saturated heterocycles. The summed E-state index contributed by atoms with van der Waals surface area (Å²) in [5.41, 5.74) is 3.54. The lowest BCUT2D eigenvalue weighted by atomic mass is 10.2. The predicted molar refractivity (Wildman–Crippen MR) is 108 cm³/mol. The number of hydrogen-bond donors (Lipinski definition) is 1. The fourth-order valence-electron chi connectivity index (χ4n) is 2.89. The van der Waals surface area contributed by atoms with E-state index in [-0.39, 0.29) is 10.6 Å². The number of ether oxygens (including phenoxy) is 2. The third-order valence-electron chi connectivity index (χ3n) is 4.30. The van der Waals surface area contributed by atoms with Crippen LogP contribution in [0, 0.1) is 13.8 Å². The number of benzene rings is 2. The van der Waals surface area contributed by atoms with Crippen molar-refractivity contribution >= 4 is 15.7 Å². The molecule has 2 aromatic carbocycles. The average Bonchev–Trinajstić information content (AvgIpc) is 2.99. The van der Waals surface area contributed by atoms with E-state index < -0.39 is 10.0 Å². The van der Waals surface area contributed by atoms with Crippen molar-refractivity contribution in [1.82, 2.24) is 9.78 Å². The molecule has 0 aliphatic carbocycles. The second kappa shape index (κ2) is 7.93. The minimum atomic E-state index is -3.80. The quantitative estimate of drug-likeness (QED) is 0.656. The summed E-state index contributed by atoms with van der Waals surface area (Å²) >= 11 is 0. The van der Waals surface area contributed by atoms with E-state index in [2.05, 4.69) is 9.82 Å². The summed E-state index contributed by atoms with van der Waals surface area (Å²) < 4.78 is 40.3. The Kier molecular flexibility index (Phi) is 5.60. The summed E-state index contributed by atoms with van der Waals surface area (Å²) in [6.45, 7) is 4.58. The molecule has 148 valence electrons. The van der Waals surface area contributed by atoms with Gasteiger partial charge in [0.1, 0.15) is 16.4 Å². The molecular weight excluding hydrogens is 378 g/mol. The summed E-state index contributed by atoms with van der Waals surface area (Å²) in [6, 6.07) is 13.8. The number of anilines is 1. The van der Waals surface area contributed by atoms with Gasteiger partial charge in [0.25, 0.3) is 10.0 Å². The van der Waals surface area contributed by atoms with Crippen LogP contribution in [0.4, 0.5) is 5.69 Å². The van der Waals surface area contributed by atoms with Gasteiger partial charge in [-0.1, -0.05) is 12.1 Å². The fraction of sp³-hybridized carbons (Fsp3) is 0.250. The van der Waals surface area contributed by atoms with Gasteiger partial charge in [-0.15, -0.1) is 0 Å². The van der Waals surface area contributed by atoms with Crippen molar-refractivity contribution in [2.24, 2.45) is 0 Å². The summed E-state index contributed by atoms with van der Waals surface area (Å²) in [5, 5.41) is 4.44. The first-order chi connectivity index (χ1) is 13.3. The van der Waals surface area contributed by atoms with Crippen molar-refractivity contribution in [1.29, 1.82) is 0 Å². The summed E-state index contributed by atoms with van der Waals surface area (Å²) in [4.78, 5) is 0.0440. The van der Waals surface area contributed by atoms with E-state index in [4.69, 9.17) is 9.47 Å². The standard InChI is InChI=1S/C20H23N3O4S/c1-14-11-15(2)23(21-14)13-16-5-7-17(8-6-16)22-28(24,25)20-10-9-18(26-3)12-19(20)27-4/h5-12,22H,13H2,1-4H3. The third kappa shape index (κ3) is 4.28. The van der Waals surface area contributed by atoms with Crippen molar-refractivity contribution < 1.29 is 17.9 Å². The van der Waals surface area contributed by atoms with Gasteiger partial charge in [0.15, 0.2) is 0 Å². The molecule has 0 aliphatic heterocycles. The summed E-state index contributed by atoms with van der Waals surface area (Å²) in [5.74, 6) is 0.734. The number of methoxy groups -OCH3 is 2. The van der Waals surface area contributed by atoms with Crippen LogP contribution in [0.5, 0.6) is 11.5 Å². The zero-order valence-corrected chi connectivity index (χ0v) is 17.1. The first kappa shape index (κ1) is 19.8. The number of sulfonamides is 1. The van der Waals surface area contributed by atoms with E-state index in [0.29, 0.717) is 18.0 Å². The van der Waals surface area contributed by atoms with E-state index in [1.54, 1.807) is 18.2 Å². The molecule has 0 atom stereocenters. The van der Waals surface area contributed by atoms with Crippen LogP contribution in [0.2, 0.25) is 0 Å². The Morgan fingerprint density at radius 2 is 1.71 bits per heavy atom. The van der Waals surface area contributed by atoms with Gasteiger partial charge in [0.05, 0.1) is 26.5 Å². The lowest BCUT2D eigenvalue weighted by molar-refractivity contribution is 0.386. The molecule has 0 aliphatic rings. The van der Waals surface area contributed by atoms with E-state index >= 15 is 0 Å². The Morgan fingerprint density at radius 3 is 2.29 bits per heavy atom. The maximum atomic E-state index is 12.8. The van der Waals surface area contributed by atoms with Gasteiger partial charge in [-0.2, -0.15) is 5.10 Å². The SMILES string of the molecule is COc1ccc(S(=O)(=O)Nc2ccc(Cn3nc(C)cc3C)cc2)c(OC)c1. The molecule has 1 N–H and O–H groups in total. The number of nitrogens with zero attached hydrogens (tertiary/aromatic N) is 2. The van der Waals surface area contributed by atoms with Crippen LogP contribution in [0.1, 0.15) is 17.0 Å². The largest absolute Gasteiger partial charge is 0.497 e. The lowest BCUT2D eigenvalue weighted by Gasteiger charge is -2.13. The zero-order chi connectivity index (χ0) is 20.3. The smallest absolute Gasteiger partial charge is 0.265 e. The molecule has 0 saturated carbocycles. The highest BCUT2D eigenvalue weighted by Crippen LogP contribution is 2.29. The second-order valence-electron chi connectivity index (χ2n) is 6.40. The van der Waals surface area contributed by atoms with Crippen molar-refractivity contribution in [2.75, 3.05) is 18.9 Å². The highest BCUT2D eigenvalue weighted by atomic mass is 32.2. The predicted octanol–water partition coefficient (Wildman–Crippen LogP) is 3.37. The highest BCUT2D eigenvalue weighted by Gasteiger charge is 2.20. The summed E-state index contributed by atoms with van der Waals surface area (Å²) in [6.07, 6.45) is 0. The van der Waals surface area contributed by atoms with Crippen LogP contribution >= 0.6 is 0 Å². The Labute approximate surface area is 165 Å². The third-order valence-corrected chi connectivity index (χ3v) is 5.72. The topological polar surface area (TPSA) is 82.5 Å². The Hall–Kier alpha value is -3.00. The Morgan fingerprint density at radius 1 is 1.00 bits per heavy atom. The van der Waals surface area contributed by atoms with Crippen molar-refractivity contribution in [3.05, 3.63) is 65.5 Å². The molecule has 0 spiro atoms. The molecule has 3 aromatic rings. The van der Waals surface area contributed by atoms with E-state index in [1.807, 2.05) is 36.7 Å².